The summed E-state index contributed by atoms with van der Waals surface area (Å²) in [6, 6.07) is 11.7. The van der Waals surface area contributed by atoms with Crippen LogP contribution < -0.4 is 0 Å². The van der Waals surface area contributed by atoms with Crippen LogP contribution in [0.2, 0.25) is 0 Å². The molecule has 0 aromatic heterocycles. The van der Waals surface area contributed by atoms with E-state index in [-0.39, 0.29) is 0 Å². The highest BCUT2D eigenvalue weighted by molar-refractivity contribution is 7.88. The molecule has 0 unspecified atom stereocenters. The Morgan fingerprint density at radius 1 is 1.04 bits per heavy atom. The SMILES string of the molecule is CS(=O)(=O)N1CCCN(Cc2c(O)ccc3ccccc23)CC1. The summed E-state index contributed by atoms with van der Waals surface area (Å²) in [5.41, 5.74) is 0.913. The van der Waals surface area contributed by atoms with Gasteiger partial charge in [-0.3, -0.25) is 4.90 Å². The molecule has 0 aliphatic carbocycles. The molecule has 0 radical (unpaired) electrons. The number of hydrogen-bond acceptors (Lipinski definition) is 4. The van der Waals surface area contributed by atoms with Gasteiger partial charge in [0.05, 0.1) is 6.26 Å². The van der Waals surface area contributed by atoms with Crippen LogP contribution in [0.1, 0.15) is 12.0 Å². The molecule has 1 heterocycles. The van der Waals surface area contributed by atoms with Crippen LogP contribution in [0.15, 0.2) is 36.4 Å². The standard InChI is InChI=1S/C17H22N2O3S/c1-23(21,22)19-10-4-9-18(11-12-19)13-16-15-6-3-2-5-14(15)7-8-17(16)20/h2-3,5-8,20H,4,9-13H2,1H3. The van der Waals surface area contributed by atoms with E-state index < -0.39 is 10.0 Å². The van der Waals surface area contributed by atoms with E-state index in [4.69, 9.17) is 0 Å². The zero-order valence-electron chi connectivity index (χ0n) is 13.3. The minimum Gasteiger partial charge on any atom is -0.508 e. The van der Waals surface area contributed by atoms with Crippen LogP contribution in [-0.4, -0.2) is 55.2 Å². The molecule has 1 aliphatic heterocycles. The molecule has 2 aromatic rings. The van der Waals surface area contributed by atoms with Gasteiger partial charge < -0.3 is 5.11 Å². The fraction of sp³-hybridized carbons (Fsp3) is 0.412. The monoisotopic (exact) mass is 334 g/mol. The number of nitrogens with zero attached hydrogens (tertiary/aromatic N) is 2. The molecule has 0 bridgehead atoms. The van der Waals surface area contributed by atoms with Gasteiger partial charge in [-0.2, -0.15) is 0 Å². The van der Waals surface area contributed by atoms with Gasteiger partial charge in [0.25, 0.3) is 0 Å². The van der Waals surface area contributed by atoms with E-state index in [1.165, 1.54) is 10.6 Å². The second-order valence-electron chi connectivity index (χ2n) is 6.08. The molecule has 0 atom stereocenters. The lowest BCUT2D eigenvalue weighted by Gasteiger charge is -2.22. The smallest absolute Gasteiger partial charge is 0.211 e. The normalized spacial score (nSPS) is 18.1. The van der Waals surface area contributed by atoms with Crippen LogP contribution in [0, 0.1) is 0 Å². The Hall–Kier alpha value is -1.63. The summed E-state index contributed by atoms with van der Waals surface area (Å²) in [5.74, 6) is 0.299. The Morgan fingerprint density at radius 2 is 1.83 bits per heavy atom. The topological polar surface area (TPSA) is 60.9 Å². The van der Waals surface area contributed by atoms with Crippen LogP contribution in [0.4, 0.5) is 0 Å². The van der Waals surface area contributed by atoms with Gasteiger partial charge in [0, 0.05) is 31.7 Å². The molecular formula is C17H22N2O3S. The number of phenolic OH excluding ortho intramolecular Hbond substituents is 1. The molecule has 23 heavy (non-hydrogen) atoms. The average molecular weight is 334 g/mol. The Balaban J connectivity index is 1.81. The molecule has 1 aliphatic rings. The number of aromatic hydroxyl groups is 1. The first-order valence-corrected chi connectivity index (χ1v) is 9.67. The third-order valence-corrected chi connectivity index (χ3v) is 5.72. The third-order valence-electron chi connectivity index (χ3n) is 4.41. The predicted octanol–water partition coefficient (Wildman–Crippen LogP) is 2.01. The van der Waals surface area contributed by atoms with Crippen LogP contribution in [-0.2, 0) is 16.6 Å². The van der Waals surface area contributed by atoms with E-state index in [9.17, 15) is 13.5 Å². The minimum absolute atomic E-state index is 0.299. The lowest BCUT2D eigenvalue weighted by atomic mass is 10.0. The van der Waals surface area contributed by atoms with Crippen LogP contribution in [0.5, 0.6) is 5.75 Å². The number of benzene rings is 2. The van der Waals surface area contributed by atoms with Crippen molar-refractivity contribution in [1.29, 1.82) is 0 Å². The van der Waals surface area contributed by atoms with Gasteiger partial charge in [-0.25, -0.2) is 12.7 Å². The van der Waals surface area contributed by atoms with Gasteiger partial charge in [-0.15, -0.1) is 0 Å². The summed E-state index contributed by atoms with van der Waals surface area (Å²) in [6.45, 7) is 3.20. The second kappa shape index (κ2) is 6.47. The molecule has 0 amide bonds. The first-order valence-electron chi connectivity index (χ1n) is 7.82. The Bertz CT molecular complexity index is 805. The highest BCUT2D eigenvalue weighted by Gasteiger charge is 2.22. The molecule has 0 saturated carbocycles. The van der Waals surface area contributed by atoms with Crippen LogP contribution in [0.3, 0.4) is 0 Å². The van der Waals surface area contributed by atoms with Crippen molar-refractivity contribution >= 4 is 20.8 Å². The van der Waals surface area contributed by atoms with Crippen molar-refractivity contribution in [3.8, 4) is 5.75 Å². The minimum atomic E-state index is -3.13. The van der Waals surface area contributed by atoms with Crippen molar-refractivity contribution in [3.63, 3.8) is 0 Å². The Labute approximate surface area is 137 Å². The highest BCUT2D eigenvalue weighted by atomic mass is 32.2. The van der Waals surface area contributed by atoms with Crippen LogP contribution in [0.25, 0.3) is 10.8 Å². The van der Waals surface area contributed by atoms with Crippen molar-refractivity contribution in [2.24, 2.45) is 0 Å². The fourth-order valence-electron chi connectivity index (χ4n) is 3.15. The lowest BCUT2D eigenvalue weighted by Crippen LogP contribution is -2.34. The summed E-state index contributed by atoms with van der Waals surface area (Å²) < 4.78 is 24.9. The van der Waals surface area contributed by atoms with E-state index >= 15 is 0 Å². The molecule has 1 fully saturated rings. The molecular weight excluding hydrogens is 312 g/mol. The van der Waals surface area contributed by atoms with Gasteiger partial charge in [-0.1, -0.05) is 30.3 Å². The maximum Gasteiger partial charge on any atom is 0.211 e. The summed E-state index contributed by atoms with van der Waals surface area (Å²) in [5, 5.41) is 12.4. The van der Waals surface area contributed by atoms with Crippen molar-refractivity contribution in [3.05, 3.63) is 42.0 Å². The van der Waals surface area contributed by atoms with Gasteiger partial charge in [0.15, 0.2) is 0 Å². The molecule has 1 N–H and O–H groups in total. The number of sulfonamides is 1. The van der Waals surface area contributed by atoms with Crippen LogP contribution >= 0.6 is 0 Å². The fourth-order valence-corrected chi connectivity index (χ4v) is 4.03. The van der Waals surface area contributed by atoms with Gasteiger partial charge in [-0.05, 0) is 29.8 Å². The Morgan fingerprint density at radius 3 is 2.61 bits per heavy atom. The number of rotatable bonds is 3. The molecule has 0 spiro atoms. The number of fused-ring (bicyclic) bond motifs is 1. The lowest BCUT2D eigenvalue weighted by molar-refractivity contribution is 0.276. The van der Waals surface area contributed by atoms with E-state index in [2.05, 4.69) is 4.90 Å². The first kappa shape index (κ1) is 16.2. The maximum atomic E-state index is 11.7. The van der Waals surface area contributed by atoms with E-state index in [1.54, 1.807) is 6.07 Å². The number of phenols is 1. The molecule has 5 nitrogen and oxygen atoms in total. The average Bonchev–Trinajstić information content (AvgIpc) is 2.75. The van der Waals surface area contributed by atoms with Gasteiger partial charge in [0.2, 0.25) is 10.0 Å². The molecule has 1 saturated heterocycles. The van der Waals surface area contributed by atoms with Gasteiger partial charge >= 0.3 is 0 Å². The summed E-state index contributed by atoms with van der Waals surface area (Å²) in [7, 11) is -3.13. The van der Waals surface area contributed by atoms with Gasteiger partial charge in [0.1, 0.15) is 5.75 Å². The third kappa shape index (κ3) is 3.65. The summed E-state index contributed by atoms with van der Waals surface area (Å²) in [4.78, 5) is 2.21. The molecule has 6 heteroatoms. The maximum absolute atomic E-state index is 11.7. The molecule has 2 aromatic carbocycles. The zero-order valence-corrected chi connectivity index (χ0v) is 14.1. The first-order chi connectivity index (χ1) is 10.9. The zero-order chi connectivity index (χ0) is 16.4. The molecule has 124 valence electrons. The van der Waals surface area contributed by atoms with Crippen molar-refractivity contribution < 1.29 is 13.5 Å². The number of hydrogen-bond donors (Lipinski definition) is 1. The van der Waals surface area contributed by atoms with E-state index in [0.29, 0.717) is 31.9 Å². The van der Waals surface area contributed by atoms with Crippen molar-refractivity contribution in [2.45, 2.75) is 13.0 Å². The van der Waals surface area contributed by atoms with E-state index in [0.717, 1.165) is 29.3 Å². The van der Waals surface area contributed by atoms with Crippen molar-refractivity contribution in [1.82, 2.24) is 9.21 Å². The largest absolute Gasteiger partial charge is 0.508 e. The highest BCUT2D eigenvalue weighted by Crippen LogP contribution is 2.28. The predicted molar refractivity (Wildman–Crippen MR) is 91.9 cm³/mol. The second-order valence-corrected chi connectivity index (χ2v) is 8.06. The van der Waals surface area contributed by atoms with Crippen molar-refractivity contribution in [2.75, 3.05) is 32.4 Å². The summed E-state index contributed by atoms with van der Waals surface area (Å²) in [6.07, 6.45) is 2.07. The summed E-state index contributed by atoms with van der Waals surface area (Å²) >= 11 is 0. The Kier molecular flexibility index (Phi) is 4.57. The van der Waals surface area contributed by atoms with E-state index in [1.807, 2.05) is 30.3 Å². The molecule has 3 rings (SSSR count). The quantitative estimate of drug-likeness (QED) is 0.933.